The third-order valence-electron chi connectivity index (χ3n) is 5.21. The van der Waals surface area contributed by atoms with E-state index in [9.17, 15) is 21.8 Å². The number of aryl methyl sites for hydroxylation is 1. The second-order valence-corrected chi connectivity index (χ2v) is 11.3. The minimum atomic E-state index is -3.61. The molecule has 0 radical (unpaired) electrons. The fraction of sp³-hybridized carbons (Fsp3) is 0.250. The zero-order chi connectivity index (χ0) is 28.0. The van der Waals surface area contributed by atoms with Gasteiger partial charge in [-0.2, -0.15) is 0 Å². The van der Waals surface area contributed by atoms with Crippen LogP contribution in [0, 0.1) is 12.7 Å². The largest absolute Gasteiger partial charge is 0.297 e. The van der Waals surface area contributed by atoms with Crippen LogP contribution in [0.25, 0.3) is 0 Å². The van der Waals surface area contributed by atoms with Crippen LogP contribution in [0.5, 0.6) is 0 Å². The fourth-order valence-corrected chi connectivity index (χ4v) is 4.79. The molecule has 0 fully saturated rings. The lowest BCUT2D eigenvalue weighted by Gasteiger charge is -2.06. The van der Waals surface area contributed by atoms with E-state index in [0.29, 0.717) is 23.4 Å². The Morgan fingerprint density at radius 3 is 2.29 bits per heavy atom. The quantitative estimate of drug-likeness (QED) is 0.190. The van der Waals surface area contributed by atoms with Gasteiger partial charge in [-0.05, 0) is 68.4 Å². The average molecular weight is 559 g/mol. The lowest BCUT2D eigenvalue weighted by molar-refractivity contribution is 0.100. The van der Waals surface area contributed by atoms with Crippen molar-refractivity contribution in [3.63, 3.8) is 0 Å². The van der Waals surface area contributed by atoms with Crippen LogP contribution in [0.2, 0.25) is 0 Å². The normalized spacial score (nSPS) is 12.3. The van der Waals surface area contributed by atoms with Crippen molar-refractivity contribution in [2.75, 3.05) is 26.0 Å². The Kier molecular flexibility index (Phi) is 12.8. The van der Waals surface area contributed by atoms with Crippen molar-refractivity contribution in [1.82, 2.24) is 0 Å². The number of halogens is 1. The summed E-state index contributed by atoms with van der Waals surface area (Å²) in [6.45, 7) is 4.29. The van der Waals surface area contributed by atoms with Crippen molar-refractivity contribution >= 4 is 39.1 Å². The third-order valence-corrected chi connectivity index (χ3v) is 7.74. The van der Waals surface area contributed by atoms with E-state index in [1.165, 1.54) is 25.5 Å². The smallest absolute Gasteiger partial charge is 0.188 e. The number of Topliss-reactive ketones (excluding diaryl/α,β-unsaturated/α-hetero) is 1. The molecule has 38 heavy (non-hydrogen) atoms. The number of nitrogens with zero attached hydrogens (tertiary/aromatic N) is 2. The Morgan fingerprint density at radius 1 is 1.00 bits per heavy atom. The van der Waals surface area contributed by atoms with Crippen LogP contribution < -0.4 is 0 Å². The first-order chi connectivity index (χ1) is 18.2. The van der Waals surface area contributed by atoms with Gasteiger partial charge in [-0.25, -0.2) is 17.0 Å². The van der Waals surface area contributed by atoms with Crippen LogP contribution in [0.3, 0.4) is 0 Å². The van der Waals surface area contributed by atoms with E-state index < -0.39 is 26.7 Å². The average Bonchev–Trinajstić information content (AvgIpc) is 2.92. The minimum absolute atomic E-state index is 0.0171. The maximum absolute atomic E-state index is 12.9. The van der Waals surface area contributed by atoms with Crippen molar-refractivity contribution in [3.05, 3.63) is 95.3 Å². The highest BCUT2D eigenvalue weighted by atomic mass is 32.2. The predicted octanol–water partition coefficient (Wildman–Crippen LogP) is 4.85. The number of aliphatic imine (C=N–C) groups is 2. The van der Waals surface area contributed by atoms with Crippen molar-refractivity contribution in [2.24, 2.45) is 9.98 Å². The lowest BCUT2D eigenvalue weighted by Crippen LogP contribution is -2.11. The Bertz CT molecular complexity index is 1370. The maximum atomic E-state index is 12.9. The van der Waals surface area contributed by atoms with Crippen molar-refractivity contribution in [1.29, 1.82) is 0 Å². The number of carbonyl (C=O) groups is 1. The van der Waals surface area contributed by atoms with E-state index >= 15 is 0 Å². The Balaban J connectivity index is 0.000000384. The summed E-state index contributed by atoms with van der Waals surface area (Å²) >= 11 is -1.30. The third kappa shape index (κ3) is 10.2. The second kappa shape index (κ2) is 15.8. The van der Waals surface area contributed by atoms with Gasteiger partial charge in [0.2, 0.25) is 0 Å². The van der Waals surface area contributed by atoms with E-state index in [1.807, 2.05) is 38.1 Å². The van der Waals surface area contributed by atoms with Crippen LogP contribution in [-0.4, -0.2) is 56.8 Å². The molecule has 0 amide bonds. The monoisotopic (exact) mass is 558 g/mol. The molecule has 0 aliphatic rings. The first-order valence-electron chi connectivity index (χ1n) is 11.7. The molecule has 3 aromatic rings. The lowest BCUT2D eigenvalue weighted by atomic mass is 10.0. The highest BCUT2D eigenvalue weighted by Gasteiger charge is 2.13. The van der Waals surface area contributed by atoms with Crippen LogP contribution >= 0.6 is 0 Å². The number of rotatable bonds is 11. The molecule has 10 heteroatoms. The molecule has 1 unspecified atom stereocenters. The number of ketones is 1. The van der Waals surface area contributed by atoms with Gasteiger partial charge in [-0.3, -0.25) is 19.0 Å². The molecule has 0 spiro atoms. The van der Waals surface area contributed by atoms with E-state index in [0.717, 1.165) is 23.3 Å². The fourth-order valence-electron chi connectivity index (χ4n) is 3.19. The van der Waals surface area contributed by atoms with Crippen molar-refractivity contribution in [3.8, 4) is 0 Å². The van der Waals surface area contributed by atoms with Crippen LogP contribution in [0.15, 0.2) is 92.6 Å². The summed E-state index contributed by atoms with van der Waals surface area (Å²) in [5, 5.41) is 0. The summed E-state index contributed by atoms with van der Waals surface area (Å²) in [5.41, 5.74) is 2.62. The molecule has 0 saturated carbocycles. The number of benzene rings is 3. The molecule has 0 heterocycles. The molecule has 0 aliphatic carbocycles. The SMILES string of the molecule is CC=NCCc1ccccc1C(=O)CN=CCS(=O)(=O)c1ccc(F)cc1.COS(=O)c1ccc(C)cc1. The molecule has 7 nitrogen and oxygen atoms in total. The first-order valence-corrected chi connectivity index (χ1v) is 14.5. The van der Waals surface area contributed by atoms with Crippen molar-refractivity contribution in [2.45, 2.75) is 30.1 Å². The van der Waals surface area contributed by atoms with Gasteiger partial charge < -0.3 is 0 Å². The van der Waals surface area contributed by atoms with Crippen molar-refractivity contribution < 1.29 is 26.0 Å². The number of sulfone groups is 1. The first kappa shape index (κ1) is 30.9. The topological polar surface area (TPSA) is 102 Å². The van der Waals surface area contributed by atoms with Gasteiger partial charge in [0.1, 0.15) is 12.4 Å². The summed E-state index contributed by atoms with van der Waals surface area (Å²) in [4.78, 5) is 21.2. The summed E-state index contributed by atoms with van der Waals surface area (Å²) in [5.74, 6) is -1.03. The number of hydrogen-bond donors (Lipinski definition) is 0. The van der Waals surface area contributed by atoms with Gasteiger partial charge in [0.25, 0.3) is 0 Å². The minimum Gasteiger partial charge on any atom is -0.297 e. The van der Waals surface area contributed by atoms with Gasteiger partial charge in [-0.15, -0.1) is 0 Å². The maximum Gasteiger partial charge on any atom is 0.188 e. The Labute approximate surface area is 226 Å². The molecule has 3 aromatic carbocycles. The van der Waals surface area contributed by atoms with Crippen LogP contribution in [0.4, 0.5) is 4.39 Å². The zero-order valence-electron chi connectivity index (χ0n) is 21.5. The summed E-state index contributed by atoms with van der Waals surface area (Å²) in [6.07, 6.45) is 3.58. The van der Waals surface area contributed by atoms with Gasteiger partial charge in [0.15, 0.2) is 26.7 Å². The van der Waals surface area contributed by atoms with E-state index in [4.69, 9.17) is 0 Å². The molecule has 0 aromatic heterocycles. The molecule has 0 bridgehead atoms. The molecular formula is C28H31FN2O5S2. The Morgan fingerprint density at radius 2 is 1.66 bits per heavy atom. The summed E-state index contributed by atoms with van der Waals surface area (Å²) < 4.78 is 52.9. The zero-order valence-corrected chi connectivity index (χ0v) is 23.2. The van der Waals surface area contributed by atoms with Gasteiger partial charge >= 0.3 is 0 Å². The predicted molar refractivity (Wildman–Crippen MR) is 150 cm³/mol. The number of hydrogen-bond acceptors (Lipinski definition) is 7. The van der Waals surface area contributed by atoms with E-state index in [2.05, 4.69) is 14.2 Å². The molecule has 0 aliphatic heterocycles. The molecular weight excluding hydrogens is 527 g/mol. The van der Waals surface area contributed by atoms with E-state index in [1.54, 1.807) is 30.5 Å². The van der Waals surface area contributed by atoms with Crippen LogP contribution in [-0.2, 0) is 31.5 Å². The molecule has 0 N–H and O–H groups in total. The summed E-state index contributed by atoms with van der Waals surface area (Å²) in [6, 6.07) is 19.3. The number of carbonyl (C=O) groups excluding carboxylic acids is 1. The molecule has 202 valence electrons. The molecule has 3 rings (SSSR count). The second-order valence-electron chi connectivity index (χ2n) is 7.97. The standard InChI is InChI=1S/C20H21FN2O3S.C8H10O2S/c1-2-22-12-11-16-5-3-4-6-19(16)20(24)15-23-13-14-27(25,26)18-9-7-17(21)8-10-18;1-7-3-5-8(6-4-7)11(9)10-2/h2-10,13H,11-12,14-15H2,1H3;3-6H,1-2H3. The van der Waals surface area contributed by atoms with Crippen LogP contribution in [0.1, 0.15) is 28.4 Å². The summed E-state index contributed by atoms with van der Waals surface area (Å²) in [7, 11) is -2.18. The van der Waals surface area contributed by atoms with E-state index in [-0.39, 0.29) is 23.0 Å². The van der Waals surface area contributed by atoms with Gasteiger partial charge in [0, 0.05) is 18.3 Å². The van der Waals surface area contributed by atoms with Gasteiger partial charge in [-0.1, -0.05) is 42.0 Å². The Hall–Kier alpha value is -3.34. The molecule has 1 atom stereocenters. The van der Waals surface area contributed by atoms with Gasteiger partial charge in [0.05, 0.1) is 22.7 Å². The molecule has 0 saturated heterocycles. The highest BCUT2D eigenvalue weighted by molar-refractivity contribution is 7.92. The highest BCUT2D eigenvalue weighted by Crippen LogP contribution is 2.13.